The third-order valence-electron chi connectivity index (χ3n) is 8.98. The van der Waals surface area contributed by atoms with Gasteiger partial charge in [-0.25, -0.2) is 19.3 Å². The van der Waals surface area contributed by atoms with E-state index in [1.165, 1.54) is 29.5 Å². The maximum atomic E-state index is 13.3. The molecule has 1 aliphatic carbocycles. The van der Waals surface area contributed by atoms with E-state index in [9.17, 15) is 9.90 Å². The summed E-state index contributed by atoms with van der Waals surface area (Å²) in [6.07, 6.45) is 10.4. The normalized spacial score (nSPS) is 18.6. The first-order chi connectivity index (χ1) is 20.2. The Bertz CT molecular complexity index is 1890. The van der Waals surface area contributed by atoms with E-state index in [1.54, 1.807) is 42.9 Å². The lowest BCUT2D eigenvalue weighted by atomic mass is 9.95. The van der Waals surface area contributed by atoms with Crippen LogP contribution in [0, 0.1) is 0 Å². The third-order valence-corrected chi connectivity index (χ3v) is 8.98. The van der Waals surface area contributed by atoms with Gasteiger partial charge in [0.15, 0.2) is 11.5 Å². The molecule has 1 saturated carbocycles. The second-order valence-electron chi connectivity index (χ2n) is 12.3. The van der Waals surface area contributed by atoms with Crippen LogP contribution >= 0.6 is 0 Å². The number of fused-ring (bicyclic) bond motifs is 2. The number of benzene rings is 1. The maximum Gasteiger partial charge on any atom is 0.278 e. The highest BCUT2D eigenvalue weighted by atomic mass is 16.3. The molecule has 1 atom stereocenters. The van der Waals surface area contributed by atoms with Gasteiger partial charge in [-0.2, -0.15) is 4.98 Å². The molecule has 0 amide bonds. The van der Waals surface area contributed by atoms with E-state index in [0.29, 0.717) is 40.1 Å². The van der Waals surface area contributed by atoms with Crippen LogP contribution in [0.4, 0.5) is 11.6 Å². The SMILES string of the molecule is C=CCn1c(=O)c2cnc(Nc3ccc4c(ccn4C4CCN(C)C5(CC5)C4)c3)nc2n1-c1cccc(C(C)(C)O)n1. The number of rotatable bonds is 7. The fraction of sp³-hybridized carbons (Fsp3) is 0.375. The van der Waals surface area contributed by atoms with Crippen LogP contribution in [-0.4, -0.2) is 58.0 Å². The van der Waals surface area contributed by atoms with Crippen LogP contribution in [0.1, 0.15) is 51.3 Å². The summed E-state index contributed by atoms with van der Waals surface area (Å²) in [7, 11) is 2.27. The van der Waals surface area contributed by atoms with Gasteiger partial charge < -0.3 is 19.9 Å². The van der Waals surface area contributed by atoms with Gasteiger partial charge in [0.1, 0.15) is 11.0 Å². The van der Waals surface area contributed by atoms with E-state index in [2.05, 4.69) is 68.8 Å². The molecule has 216 valence electrons. The molecule has 0 bridgehead atoms. The van der Waals surface area contributed by atoms with E-state index >= 15 is 0 Å². The molecule has 1 aromatic carbocycles. The monoisotopic (exact) mass is 564 g/mol. The predicted molar refractivity (Wildman–Crippen MR) is 164 cm³/mol. The number of allylic oxidation sites excluding steroid dienone is 1. The Labute approximate surface area is 243 Å². The first-order valence-electron chi connectivity index (χ1n) is 14.6. The number of pyridine rings is 1. The highest BCUT2D eigenvalue weighted by Gasteiger charge is 2.50. The Hall–Kier alpha value is -4.28. The van der Waals surface area contributed by atoms with Crippen molar-refractivity contribution in [2.45, 2.75) is 63.3 Å². The maximum absolute atomic E-state index is 13.3. The van der Waals surface area contributed by atoms with Crippen molar-refractivity contribution in [1.82, 2.24) is 33.8 Å². The van der Waals surface area contributed by atoms with Gasteiger partial charge in [0.2, 0.25) is 5.95 Å². The lowest BCUT2D eigenvalue weighted by molar-refractivity contribution is 0.0738. The molecule has 1 unspecified atom stereocenters. The number of hydrogen-bond donors (Lipinski definition) is 2. The van der Waals surface area contributed by atoms with Gasteiger partial charge in [-0.15, -0.1) is 6.58 Å². The third kappa shape index (κ3) is 4.42. The van der Waals surface area contributed by atoms with Crippen LogP contribution in [-0.2, 0) is 12.1 Å². The minimum absolute atomic E-state index is 0.239. The van der Waals surface area contributed by atoms with Crippen LogP contribution in [0.25, 0.3) is 27.8 Å². The first-order valence-corrected chi connectivity index (χ1v) is 14.6. The second-order valence-corrected chi connectivity index (χ2v) is 12.3. The van der Waals surface area contributed by atoms with Gasteiger partial charge in [-0.1, -0.05) is 12.1 Å². The molecule has 2 fully saturated rings. The van der Waals surface area contributed by atoms with E-state index in [-0.39, 0.29) is 12.1 Å². The smallest absolute Gasteiger partial charge is 0.278 e. The minimum Gasteiger partial charge on any atom is -0.384 e. The molecule has 2 N–H and O–H groups in total. The quantitative estimate of drug-likeness (QED) is 0.271. The summed E-state index contributed by atoms with van der Waals surface area (Å²) in [5.74, 6) is 0.841. The van der Waals surface area contributed by atoms with Gasteiger partial charge in [-0.3, -0.25) is 4.79 Å². The number of aliphatic hydroxyl groups is 1. The van der Waals surface area contributed by atoms with Crippen LogP contribution in [0.5, 0.6) is 0 Å². The predicted octanol–water partition coefficient (Wildman–Crippen LogP) is 4.89. The van der Waals surface area contributed by atoms with Gasteiger partial charge in [0.05, 0.1) is 12.2 Å². The van der Waals surface area contributed by atoms with Crippen LogP contribution in [0.3, 0.4) is 0 Å². The molecule has 2 aliphatic rings. The van der Waals surface area contributed by atoms with Crippen molar-refractivity contribution in [1.29, 1.82) is 0 Å². The fourth-order valence-electron chi connectivity index (χ4n) is 6.42. The highest BCUT2D eigenvalue weighted by molar-refractivity contribution is 5.85. The van der Waals surface area contributed by atoms with Crippen molar-refractivity contribution in [2.24, 2.45) is 0 Å². The van der Waals surface area contributed by atoms with Gasteiger partial charge in [-0.05, 0) is 83.0 Å². The molecule has 7 rings (SSSR count). The summed E-state index contributed by atoms with van der Waals surface area (Å²) < 4.78 is 5.64. The zero-order valence-corrected chi connectivity index (χ0v) is 24.3. The summed E-state index contributed by atoms with van der Waals surface area (Å²) in [5, 5.41) is 15.4. The largest absolute Gasteiger partial charge is 0.384 e. The molecule has 1 aliphatic heterocycles. The lowest BCUT2D eigenvalue weighted by Gasteiger charge is -2.38. The molecule has 0 radical (unpaired) electrons. The van der Waals surface area contributed by atoms with Crippen molar-refractivity contribution in [2.75, 3.05) is 18.9 Å². The minimum atomic E-state index is -1.14. The molecule has 42 heavy (non-hydrogen) atoms. The number of anilines is 2. The number of nitrogens with one attached hydrogen (secondary N) is 1. The van der Waals surface area contributed by atoms with Crippen molar-refractivity contribution < 1.29 is 5.11 Å². The van der Waals surface area contributed by atoms with Crippen LogP contribution in [0.2, 0.25) is 0 Å². The molecule has 1 spiro atoms. The molecular weight excluding hydrogens is 528 g/mol. The molecule has 5 aromatic rings. The standard InChI is InChI=1S/C32H36N8O2/c1-5-15-39-29(41)24-20-33-30(36-28(24)40(39)27-8-6-7-26(35-27)31(2,3)42)34-22-9-10-25-21(18-22)11-17-38(25)23-12-16-37(4)32(19-23)13-14-32/h5-11,17-18,20,23,42H,1,12-16,19H2,2-4H3,(H,33,34,36). The van der Waals surface area contributed by atoms with E-state index in [0.717, 1.165) is 24.0 Å². The summed E-state index contributed by atoms with van der Waals surface area (Å²) in [6.45, 7) is 8.57. The summed E-state index contributed by atoms with van der Waals surface area (Å²) in [6, 6.07) is 14.4. The molecule has 4 aromatic heterocycles. The van der Waals surface area contributed by atoms with Gasteiger partial charge >= 0.3 is 0 Å². The fourth-order valence-corrected chi connectivity index (χ4v) is 6.42. The Balaban J connectivity index is 1.23. The van der Waals surface area contributed by atoms with E-state index < -0.39 is 5.60 Å². The Kier molecular flexibility index (Phi) is 6.11. The van der Waals surface area contributed by atoms with Crippen molar-refractivity contribution >= 4 is 33.6 Å². The zero-order chi connectivity index (χ0) is 29.2. The Morgan fingerprint density at radius 3 is 2.79 bits per heavy atom. The number of hydrogen-bond acceptors (Lipinski definition) is 7. The number of nitrogens with zero attached hydrogens (tertiary/aromatic N) is 7. The Morgan fingerprint density at radius 1 is 1.19 bits per heavy atom. The summed E-state index contributed by atoms with van der Waals surface area (Å²) >= 11 is 0. The summed E-state index contributed by atoms with van der Waals surface area (Å²) in [4.78, 5) is 29.8. The average molecular weight is 565 g/mol. The number of aromatic nitrogens is 6. The van der Waals surface area contributed by atoms with Crippen molar-refractivity contribution in [3.05, 3.63) is 83.6 Å². The van der Waals surface area contributed by atoms with Crippen molar-refractivity contribution in [3.63, 3.8) is 0 Å². The molecule has 10 heteroatoms. The molecule has 5 heterocycles. The van der Waals surface area contributed by atoms with Gasteiger partial charge in [0.25, 0.3) is 5.56 Å². The van der Waals surface area contributed by atoms with E-state index in [1.807, 2.05) is 6.07 Å². The van der Waals surface area contributed by atoms with E-state index in [4.69, 9.17) is 4.98 Å². The number of piperidine rings is 1. The van der Waals surface area contributed by atoms with Crippen molar-refractivity contribution in [3.8, 4) is 5.82 Å². The molecular formula is C32H36N8O2. The Morgan fingerprint density at radius 2 is 2.02 bits per heavy atom. The average Bonchev–Trinajstić information content (AvgIpc) is 3.53. The topological polar surface area (TPSA) is 106 Å². The van der Waals surface area contributed by atoms with Crippen LogP contribution < -0.4 is 10.9 Å². The first kappa shape index (κ1) is 26.6. The second kappa shape index (κ2) is 9.64. The lowest BCUT2D eigenvalue weighted by Crippen LogP contribution is -2.42. The van der Waals surface area contributed by atoms with Gasteiger partial charge in [0, 0.05) is 47.1 Å². The summed E-state index contributed by atoms with van der Waals surface area (Å²) in [5.41, 5.74) is 2.03. The molecule has 1 saturated heterocycles. The highest BCUT2D eigenvalue weighted by Crippen LogP contribution is 2.50. The number of likely N-dealkylation sites (tertiary alicyclic amines) is 1. The molecule has 10 nitrogen and oxygen atoms in total. The van der Waals surface area contributed by atoms with Crippen LogP contribution in [0.15, 0.2) is 72.3 Å². The zero-order valence-electron chi connectivity index (χ0n) is 24.3.